The van der Waals surface area contributed by atoms with E-state index in [-0.39, 0.29) is 6.03 Å². The summed E-state index contributed by atoms with van der Waals surface area (Å²) < 4.78 is 5.22. The number of carbonyl (C=O) groups is 1. The van der Waals surface area contributed by atoms with Crippen molar-refractivity contribution in [3.8, 4) is 5.75 Å². The molecule has 0 aliphatic carbocycles. The Balaban J connectivity index is 2.12. The van der Waals surface area contributed by atoms with Gasteiger partial charge < -0.3 is 15.4 Å². The molecule has 2 rings (SSSR count). The summed E-state index contributed by atoms with van der Waals surface area (Å²) >= 11 is 4.29. The van der Waals surface area contributed by atoms with Crippen molar-refractivity contribution >= 4 is 30.0 Å². The molecule has 0 bridgehead atoms. The number of nitrogens with one attached hydrogen (secondary N) is 2. The lowest BCUT2D eigenvalue weighted by Gasteiger charge is -2.12. The number of urea groups is 1. The summed E-state index contributed by atoms with van der Waals surface area (Å²) in [6.45, 7) is 1.95. The van der Waals surface area contributed by atoms with Crippen LogP contribution < -0.4 is 15.4 Å². The lowest BCUT2D eigenvalue weighted by molar-refractivity contribution is 0.262. The third kappa shape index (κ3) is 3.45. The summed E-state index contributed by atoms with van der Waals surface area (Å²) in [6, 6.07) is 12.5. The lowest BCUT2D eigenvalue weighted by atomic mass is 10.2. The molecule has 2 amide bonds. The van der Waals surface area contributed by atoms with E-state index < -0.39 is 0 Å². The van der Waals surface area contributed by atoms with Gasteiger partial charge in [0.15, 0.2) is 0 Å². The molecule has 2 aromatic carbocycles. The number of aryl methyl sites for hydroxylation is 1. The van der Waals surface area contributed by atoms with Crippen LogP contribution in [0.3, 0.4) is 0 Å². The van der Waals surface area contributed by atoms with Crippen molar-refractivity contribution in [1.82, 2.24) is 0 Å². The van der Waals surface area contributed by atoms with E-state index in [0.717, 1.165) is 5.56 Å². The van der Waals surface area contributed by atoms with Gasteiger partial charge in [-0.15, -0.1) is 12.6 Å². The number of anilines is 2. The minimum Gasteiger partial charge on any atom is -0.495 e. The number of para-hydroxylation sites is 1. The Morgan fingerprint density at radius 1 is 1.10 bits per heavy atom. The van der Waals surface area contributed by atoms with Crippen molar-refractivity contribution in [2.45, 2.75) is 11.8 Å². The monoisotopic (exact) mass is 288 g/mol. The predicted octanol–water partition coefficient (Wildman–Crippen LogP) is 3.94. The second-order valence-electron chi connectivity index (χ2n) is 4.30. The van der Waals surface area contributed by atoms with Crippen LogP contribution in [0.15, 0.2) is 47.4 Å². The molecule has 0 atom stereocenters. The van der Waals surface area contributed by atoms with E-state index in [9.17, 15) is 4.79 Å². The number of rotatable bonds is 3. The van der Waals surface area contributed by atoms with E-state index in [1.165, 1.54) is 0 Å². The van der Waals surface area contributed by atoms with Crippen LogP contribution in [-0.4, -0.2) is 13.1 Å². The van der Waals surface area contributed by atoms with E-state index in [1.54, 1.807) is 13.2 Å². The molecule has 0 saturated heterocycles. The van der Waals surface area contributed by atoms with Gasteiger partial charge >= 0.3 is 6.03 Å². The molecule has 0 unspecified atom stereocenters. The van der Waals surface area contributed by atoms with Crippen LogP contribution in [0.1, 0.15) is 5.56 Å². The molecule has 4 nitrogen and oxygen atoms in total. The van der Waals surface area contributed by atoms with Gasteiger partial charge in [-0.05, 0) is 36.8 Å². The van der Waals surface area contributed by atoms with Gasteiger partial charge in [0.1, 0.15) is 5.75 Å². The third-order valence-electron chi connectivity index (χ3n) is 2.76. The smallest absolute Gasteiger partial charge is 0.323 e. The molecule has 5 heteroatoms. The maximum absolute atomic E-state index is 12.0. The van der Waals surface area contributed by atoms with Gasteiger partial charge in [0.05, 0.1) is 18.5 Å². The maximum Gasteiger partial charge on any atom is 0.323 e. The summed E-state index contributed by atoms with van der Waals surface area (Å²) in [4.78, 5) is 12.7. The van der Waals surface area contributed by atoms with Crippen molar-refractivity contribution in [3.63, 3.8) is 0 Å². The minimum atomic E-state index is -0.338. The first-order chi connectivity index (χ1) is 9.60. The molecule has 0 aliphatic heterocycles. The van der Waals surface area contributed by atoms with Gasteiger partial charge in [-0.1, -0.05) is 18.2 Å². The van der Waals surface area contributed by atoms with Crippen LogP contribution in [0.4, 0.5) is 16.2 Å². The van der Waals surface area contributed by atoms with Crippen LogP contribution in [-0.2, 0) is 0 Å². The molecule has 0 spiro atoms. The van der Waals surface area contributed by atoms with Crippen molar-refractivity contribution in [2.24, 2.45) is 0 Å². The second kappa shape index (κ2) is 6.34. The number of thiol groups is 1. The van der Waals surface area contributed by atoms with Crippen molar-refractivity contribution in [1.29, 1.82) is 0 Å². The lowest BCUT2D eigenvalue weighted by Crippen LogP contribution is -2.20. The Kier molecular flexibility index (Phi) is 4.53. The molecule has 0 aliphatic rings. The van der Waals surface area contributed by atoms with Crippen molar-refractivity contribution in [2.75, 3.05) is 17.7 Å². The Morgan fingerprint density at radius 3 is 2.50 bits per heavy atom. The fraction of sp³-hybridized carbons (Fsp3) is 0.133. The highest BCUT2D eigenvalue weighted by Gasteiger charge is 2.08. The van der Waals surface area contributed by atoms with Crippen LogP contribution >= 0.6 is 12.6 Å². The first kappa shape index (κ1) is 14.3. The number of hydrogen-bond donors (Lipinski definition) is 3. The van der Waals surface area contributed by atoms with E-state index in [4.69, 9.17) is 4.74 Å². The Bertz CT molecular complexity index is 629. The summed E-state index contributed by atoms with van der Waals surface area (Å²) in [5, 5.41) is 5.52. The molecule has 2 N–H and O–H groups in total. The summed E-state index contributed by atoms with van der Waals surface area (Å²) in [7, 11) is 1.57. The number of methoxy groups -OCH3 is 1. The highest BCUT2D eigenvalue weighted by atomic mass is 32.1. The van der Waals surface area contributed by atoms with E-state index in [0.29, 0.717) is 22.0 Å². The largest absolute Gasteiger partial charge is 0.495 e. The molecule has 0 radical (unpaired) electrons. The molecule has 0 fully saturated rings. The van der Waals surface area contributed by atoms with Gasteiger partial charge in [0, 0.05) is 4.90 Å². The Morgan fingerprint density at radius 2 is 1.80 bits per heavy atom. The molecule has 20 heavy (non-hydrogen) atoms. The second-order valence-corrected chi connectivity index (χ2v) is 4.78. The molecule has 2 aromatic rings. The maximum atomic E-state index is 12.0. The average molecular weight is 288 g/mol. The Hall–Kier alpha value is -2.14. The summed E-state index contributed by atoms with van der Waals surface area (Å²) in [6.07, 6.45) is 0. The van der Waals surface area contributed by atoms with Gasteiger partial charge in [-0.3, -0.25) is 0 Å². The number of carbonyl (C=O) groups excluding carboxylic acids is 1. The first-order valence-electron chi connectivity index (χ1n) is 6.11. The highest BCUT2D eigenvalue weighted by molar-refractivity contribution is 7.80. The van der Waals surface area contributed by atoms with Gasteiger partial charge in [-0.2, -0.15) is 0 Å². The summed E-state index contributed by atoms with van der Waals surface area (Å²) in [5.74, 6) is 0.616. The number of hydrogen-bond acceptors (Lipinski definition) is 3. The molecule has 0 heterocycles. The van der Waals surface area contributed by atoms with E-state index in [2.05, 4.69) is 23.3 Å². The zero-order chi connectivity index (χ0) is 14.5. The molecule has 0 aromatic heterocycles. The number of benzene rings is 2. The zero-order valence-electron chi connectivity index (χ0n) is 11.3. The fourth-order valence-corrected chi connectivity index (χ4v) is 1.99. The van der Waals surface area contributed by atoms with Gasteiger partial charge in [-0.25, -0.2) is 4.79 Å². The molecule has 0 saturated carbocycles. The average Bonchev–Trinajstić information content (AvgIpc) is 2.41. The van der Waals surface area contributed by atoms with Crippen LogP contribution in [0, 0.1) is 6.92 Å². The van der Waals surface area contributed by atoms with Crippen molar-refractivity contribution < 1.29 is 9.53 Å². The fourth-order valence-electron chi connectivity index (χ4n) is 1.77. The third-order valence-corrected chi connectivity index (χ3v) is 3.15. The quantitative estimate of drug-likeness (QED) is 0.749. The highest BCUT2D eigenvalue weighted by Crippen LogP contribution is 2.26. The molecular weight excluding hydrogens is 272 g/mol. The van der Waals surface area contributed by atoms with Gasteiger partial charge in [0.25, 0.3) is 0 Å². The predicted molar refractivity (Wildman–Crippen MR) is 84.1 cm³/mol. The van der Waals surface area contributed by atoms with Crippen LogP contribution in [0.25, 0.3) is 0 Å². The van der Waals surface area contributed by atoms with Crippen LogP contribution in [0.5, 0.6) is 5.75 Å². The number of ether oxygens (including phenoxy) is 1. The Labute approximate surface area is 123 Å². The molecular formula is C15H16N2O2S. The normalized spacial score (nSPS) is 9.95. The number of amides is 2. The van der Waals surface area contributed by atoms with Crippen molar-refractivity contribution in [3.05, 3.63) is 48.0 Å². The van der Waals surface area contributed by atoms with Gasteiger partial charge in [0.2, 0.25) is 0 Å². The zero-order valence-corrected chi connectivity index (χ0v) is 12.2. The standard InChI is InChI=1S/C15H16N2O2S/c1-10-7-8-13(19-2)12(9-10)17-15(18)16-11-5-3-4-6-14(11)20/h3-9,20H,1-2H3,(H2,16,17,18). The minimum absolute atomic E-state index is 0.338. The molecule has 104 valence electrons. The SMILES string of the molecule is COc1ccc(C)cc1NC(=O)Nc1ccccc1S. The van der Waals surface area contributed by atoms with E-state index >= 15 is 0 Å². The van der Waals surface area contributed by atoms with Crippen LogP contribution in [0.2, 0.25) is 0 Å². The summed E-state index contributed by atoms with van der Waals surface area (Å²) in [5.41, 5.74) is 2.32. The van der Waals surface area contributed by atoms with E-state index in [1.807, 2.05) is 43.3 Å². The first-order valence-corrected chi connectivity index (χ1v) is 6.55. The topological polar surface area (TPSA) is 50.4 Å².